The zero-order valence-electron chi connectivity index (χ0n) is 17.1. The van der Waals surface area contributed by atoms with Crippen molar-refractivity contribution in [3.05, 3.63) is 47.3 Å². The minimum absolute atomic E-state index is 0. The summed E-state index contributed by atoms with van der Waals surface area (Å²) in [5, 5.41) is 15.5. The Morgan fingerprint density at radius 1 is 1.23 bits per heavy atom. The average Bonchev–Trinajstić information content (AvgIpc) is 3.23. The first kappa shape index (κ1) is 24.9. The number of aliphatic imine (C=N–C) groups is 1. The van der Waals surface area contributed by atoms with E-state index >= 15 is 0 Å². The molecule has 2 aromatic rings. The van der Waals surface area contributed by atoms with E-state index in [-0.39, 0.29) is 28.9 Å². The molecule has 10 heteroatoms. The maximum atomic E-state index is 11.3. The summed E-state index contributed by atoms with van der Waals surface area (Å²) in [4.78, 5) is 7.26. The Kier molecular flexibility index (Phi) is 9.85. The highest BCUT2D eigenvalue weighted by atomic mass is 127. The highest BCUT2D eigenvalue weighted by molar-refractivity contribution is 14.0. The van der Waals surface area contributed by atoms with E-state index in [1.165, 1.54) is 5.00 Å². The van der Waals surface area contributed by atoms with E-state index < -0.39 is 10.0 Å². The van der Waals surface area contributed by atoms with E-state index in [1.54, 1.807) is 35.6 Å². The summed E-state index contributed by atoms with van der Waals surface area (Å²) >= 11 is 1.79. The van der Waals surface area contributed by atoms with Crippen LogP contribution in [0.1, 0.15) is 25.3 Å². The van der Waals surface area contributed by atoms with Crippen LogP contribution in [-0.2, 0) is 16.4 Å². The fourth-order valence-corrected chi connectivity index (χ4v) is 4.65. The predicted molar refractivity (Wildman–Crippen MR) is 136 cm³/mol. The number of hydrogen-bond donors (Lipinski definition) is 3. The SMILES string of the molecule is CCNC(=NCCc1ccc(S(N)(=O)=O)cc1)NC1CCN(c2cccs2)CC1.I. The zero-order valence-corrected chi connectivity index (χ0v) is 21.0. The van der Waals surface area contributed by atoms with Gasteiger partial charge in [-0.3, -0.25) is 4.99 Å². The van der Waals surface area contributed by atoms with E-state index in [0.717, 1.165) is 50.4 Å². The number of hydrogen-bond acceptors (Lipinski definition) is 5. The monoisotopic (exact) mass is 563 g/mol. The first-order valence-electron chi connectivity index (χ1n) is 9.90. The molecule has 0 atom stereocenters. The van der Waals surface area contributed by atoms with Crippen LogP contribution in [0.5, 0.6) is 0 Å². The van der Waals surface area contributed by atoms with Gasteiger partial charge in [-0.2, -0.15) is 0 Å². The van der Waals surface area contributed by atoms with E-state index in [1.807, 2.05) is 0 Å². The van der Waals surface area contributed by atoms with E-state index in [2.05, 4.69) is 45.0 Å². The van der Waals surface area contributed by atoms with Crippen molar-refractivity contribution in [2.75, 3.05) is 31.1 Å². The molecule has 0 bridgehead atoms. The number of nitrogens with one attached hydrogen (secondary N) is 2. The molecule has 3 rings (SSSR count). The molecule has 0 saturated carbocycles. The fourth-order valence-electron chi connectivity index (χ4n) is 3.35. The van der Waals surface area contributed by atoms with Gasteiger partial charge in [0.05, 0.1) is 9.90 Å². The lowest BCUT2D eigenvalue weighted by molar-refractivity contribution is 0.463. The van der Waals surface area contributed by atoms with Gasteiger partial charge in [0.2, 0.25) is 10.0 Å². The first-order chi connectivity index (χ1) is 14.0. The molecule has 7 nitrogen and oxygen atoms in total. The van der Waals surface area contributed by atoms with Gasteiger partial charge in [-0.15, -0.1) is 35.3 Å². The van der Waals surface area contributed by atoms with Gasteiger partial charge in [-0.25, -0.2) is 13.6 Å². The van der Waals surface area contributed by atoms with Crippen molar-refractivity contribution < 1.29 is 8.42 Å². The lowest BCUT2D eigenvalue weighted by Gasteiger charge is -2.33. The van der Waals surface area contributed by atoms with Gasteiger partial charge in [0.1, 0.15) is 0 Å². The number of thiophene rings is 1. The highest BCUT2D eigenvalue weighted by Crippen LogP contribution is 2.24. The number of anilines is 1. The third-order valence-corrected chi connectivity index (χ3v) is 6.78. The number of nitrogens with zero attached hydrogens (tertiary/aromatic N) is 2. The van der Waals surface area contributed by atoms with Crippen LogP contribution in [-0.4, -0.2) is 46.6 Å². The van der Waals surface area contributed by atoms with Crippen molar-refractivity contribution in [3.63, 3.8) is 0 Å². The molecule has 0 amide bonds. The number of halogens is 1. The Balaban J connectivity index is 0.00000320. The summed E-state index contributed by atoms with van der Waals surface area (Å²) < 4.78 is 22.7. The molecule has 1 aliphatic rings. The molecule has 1 saturated heterocycles. The number of piperidine rings is 1. The number of sulfonamides is 1. The Morgan fingerprint density at radius 2 is 1.93 bits per heavy atom. The van der Waals surface area contributed by atoms with Crippen molar-refractivity contribution in [2.24, 2.45) is 10.1 Å². The van der Waals surface area contributed by atoms with Gasteiger partial charge in [0.15, 0.2) is 5.96 Å². The second-order valence-electron chi connectivity index (χ2n) is 7.06. The summed E-state index contributed by atoms with van der Waals surface area (Å²) in [5.41, 5.74) is 1.03. The molecule has 2 heterocycles. The number of rotatable bonds is 7. The maximum Gasteiger partial charge on any atom is 0.238 e. The standard InChI is InChI=1S/C20H29N5O2S2.HI/c1-2-22-20(23-12-9-16-5-7-18(8-6-16)29(21,26)27)24-17-10-13-25(14-11-17)19-4-3-15-28-19;/h3-8,15,17H,2,9-14H2,1H3,(H2,21,26,27)(H2,22,23,24);1H. The molecule has 1 aliphatic heterocycles. The molecule has 30 heavy (non-hydrogen) atoms. The molecule has 4 N–H and O–H groups in total. The van der Waals surface area contributed by atoms with Crippen LogP contribution in [0.15, 0.2) is 51.7 Å². The van der Waals surface area contributed by atoms with Crippen LogP contribution < -0.4 is 20.7 Å². The van der Waals surface area contributed by atoms with Crippen LogP contribution in [0, 0.1) is 0 Å². The fraction of sp³-hybridized carbons (Fsp3) is 0.450. The second-order valence-corrected chi connectivity index (χ2v) is 9.54. The molecule has 1 aromatic heterocycles. The Morgan fingerprint density at radius 3 is 2.50 bits per heavy atom. The van der Waals surface area contributed by atoms with Gasteiger partial charge in [0, 0.05) is 32.2 Å². The van der Waals surface area contributed by atoms with Crippen molar-refractivity contribution in [1.29, 1.82) is 0 Å². The van der Waals surface area contributed by atoms with E-state index in [0.29, 0.717) is 12.6 Å². The van der Waals surface area contributed by atoms with Crippen molar-refractivity contribution >= 4 is 56.3 Å². The minimum Gasteiger partial charge on any atom is -0.363 e. The van der Waals surface area contributed by atoms with Crippen LogP contribution >= 0.6 is 35.3 Å². The number of guanidine groups is 1. The number of nitrogens with two attached hydrogens (primary N) is 1. The molecule has 166 valence electrons. The zero-order chi connectivity index (χ0) is 20.7. The third kappa shape index (κ3) is 7.40. The number of benzene rings is 1. The second kappa shape index (κ2) is 11.9. The maximum absolute atomic E-state index is 11.3. The predicted octanol–water partition coefficient (Wildman–Crippen LogP) is 2.78. The van der Waals surface area contributed by atoms with Gasteiger partial charge >= 0.3 is 0 Å². The Labute approximate surface area is 200 Å². The Bertz CT molecular complexity index is 894. The van der Waals surface area contributed by atoms with Crippen LogP contribution in [0.25, 0.3) is 0 Å². The molecular formula is C20H30IN5O2S2. The Hall–Kier alpha value is -1.37. The van der Waals surface area contributed by atoms with Gasteiger partial charge in [-0.05, 0) is 61.4 Å². The van der Waals surface area contributed by atoms with Gasteiger partial charge in [-0.1, -0.05) is 12.1 Å². The number of primary sulfonamides is 1. The smallest absolute Gasteiger partial charge is 0.238 e. The minimum atomic E-state index is -3.65. The molecule has 0 spiro atoms. The molecule has 1 aromatic carbocycles. The normalized spacial score (nSPS) is 15.5. The van der Waals surface area contributed by atoms with Gasteiger partial charge in [0.25, 0.3) is 0 Å². The molecule has 1 fully saturated rings. The van der Waals surface area contributed by atoms with Crippen molar-refractivity contribution in [1.82, 2.24) is 10.6 Å². The van der Waals surface area contributed by atoms with Crippen molar-refractivity contribution in [3.8, 4) is 0 Å². The molecule has 0 unspecified atom stereocenters. The van der Waals surface area contributed by atoms with Crippen LogP contribution in [0.3, 0.4) is 0 Å². The van der Waals surface area contributed by atoms with E-state index in [4.69, 9.17) is 5.14 Å². The average molecular weight is 564 g/mol. The third-order valence-electron chi connectivity index (χ3n) is 4.92. The summed E-state index contributed by atoms with van der Waals surface area (Å²) in [6, 6.07) is 11.4. The molecule has 0 radical (unpaired) electrons. The van der Waals surface area contributed by atoms with Crippen LogP contribution in [0.4, 0.5) is 5.00 Å². The summed E-state index contributed by atoms with van der Waals surface area (Å²) in [6.45, 7) is 5.59. The summed E-state index contributed by atoms with van der Waals surface area (Å²) in [7, 11) is -3.65. The van der Waals surface area contributed by atoms with Crippen LogP contribution in [0.2, 0.25) is 0 Å². The molecular weight excluding hydrogens is 533 g/mol. The topological polar surface area (TPSA) is 99.8 Å². The first-order valence-corrected chi connectivity index (χ1v) is 12.3. The summed E-state index contributed by atoms with van der Waals surface area (Å²) in [5.74, 6) is 0.836. The molecule has 0 aliphatic carbocycles. The lowest BCUT2D eigenvalue weighted by atomic mass is 10.1. The highest BCUT2D eigenvalue weighted by Gasteiger charge is 2.20. The van der Waals surface area contributed by atoms with E-state index in [9.17, 15) is 8.42 Å². The largest absolute Gasteiger partial charge is 0.363 e. The quantitative estimate of drug-likeness (QED) is 0.274. The lowest BCUT2D eigenvalue weighted by Crippen LogP contribution is -2.48. The van der Waals surface area contributed by atoms with Gasteiger partial charge < -0.3 is 15.5 Å². The van der Waals surface area contributed by atoms with Crippen molar-refractivity contribution in [2.45, 2.75) is 37.1 Å². The summed E-state index contributed by atoms with van der Waals surface area (Å²) in [6.07, 6.45) is 2.90.